The summed E-state index contributed by atoms with van der Waals surface area (Å²) in [6.45, 7) is 0. The van der Waals surface area contributed by atoms with Gasteiger partial charge in [0.25, 0.3) is 0 Å². The fourth-order valence-corrected chi connectivity index (χ4v) is 12.7. The quantitative estimate of drug-likeness (QED) is 0.145. The van der Waals surface area contributed by atoms with Crippen molar-refractivity contribution in [3.63, 3.8) is 0 Å². The van der Waals surface area contributed by atoms with Gasteiger partial charge in [-0.25, -0.2) is 19.9 Å². The third kappa shape index (κ3) is 10.7. The maximum Gasteiger partial charge on any atom is 0.235 e. The van der Waals surface area contributed by atoms with Crippen molar-refractivity contribution < 1.29 is 0 Å². The summed E-state index contributed by atoms with van der Waals surface area (Å²) in [6.07, 6.45) is 0. The van der Waals surface area contributed by atoms with Crippen molar-refractivity contribution >= 4 is 141 Å². The van der Waals surface area contributed by atoms with E-state index < -0.39 is 0 Å². The minimum absolute atomic E-state index is 0.589. The second-order valence-electron chi connectivity index (χ2n) is 20.6. The SMILES string of the molecule is Brc1ccc2ccc3c(Br)ccc4ccc1c2c43.Brc1ccc2ccc3c(N(c4ccccc4)c4nc(-c5ccccc5)cc(-c5ccccc5)n4)ccc4ccc1c2c43.c1ccc(Nc2nc(-c3ccccc3)cc(-c3ccccc3)n2)cc1. The summed E-state index contributed by atoms with van der Waals surface area (Å²) in [5, 5.41) is 18.5. The van der Waals surface area contributed by atoms with Crippen LogP contribution < -0.4 is 10.2 Å². The van der Waals surface area contributed by atoms with Crippen LogP contribution in [0.5, 0.6) is 0 Å². The first kappa shape index (κ1) is 53.4. The fraction of sp³-hybridized carbons (Fsp3) is 0. The number of rotatable bonds is 9. The van der Waals surface area contributed by atoms with Crippen LogP contribution in [0.3, 0.4) is 0 Å². The van der Waals surface area contributed by atoms with Crippen LogP contribution in [0.25, 0.3) is 110 Å². The molecule has 14 aromatic carbocycles. The lowest BCUT2D eigenvalue weighted by molar-refractivity contribution is 1.09. The third-order valence-electron chi connectivity index (χ3n) is 15.4. The Morgan fingerprint density at radius 3 is 0.976 bits per heavy atom. The number of halogens is 3. The van der Waals surface area contributed by atoms with Gasteiger partial charge in [0.05, 0.1) is 28.5 Å². The molecular weight excluding hydrogens is 1240 g/mol. The third-order valence-corrected chi connectivity index (χ3v) is 17.4. The molecule has 404 valence electrons. The summed E-state index contributed by atoms with van der Waals surface area (Å²) < 4.78 is 3.41. The molecule has 6 nitrogen and oxygen atoms in total. The molecule has 2 aromatic heterocycles. The zero-order chi connectivity index (χ0) is 57.2. The first-order chi connectivity index (χ1) is 41.9. The Morgan fingerprint density at radius 2 is 0.588 bits per heavy atom. The van der Waals surface area contributed by atoms with Crippen molar-refractivity contribution in [3.05, 3.63) is 305 Å². The van der Waals surface area contributed by atoms with Crippen molar-refractivity contribution in [1.29, 1.82) is 0 Å². The number of nitrogens with zero attached hydrogens (tertiary/aromatic N) is 5. The van der Waals surface area contributed by atoms with Crippen LogP contribution in [-0.2, 0) is 0 Å². The summed E-state index contributed by atoms with van der Waals surface area (Å²) in [7, 11) is 0. The maximum atomic E-state index is 5.21. The molecule has 0 bridgehead atoms. The maximum absolute atomic E-state index is 5.21. The van der Waals surface area contributed by atoms with Gasteiger partial charge in [-0.3, -0.25) is 4.90 Å². The van der Waals surface area contributed by atoms with Gasteiger partial charge in [-0.05, 0) is 120 Å². The van der Waals surface area contributed by atoms with E-state index in [1.54, 1.807) is 0 Å². The molecule has 0 radical (unpaired) electrons. The van der Waals surface area contributed by atoms with Crippen LogP contribution in [0.15, 0.2) is 305 Å². The zero-order valence-electron chi connectivity index (χ0n) is 45.6. The van der Waals surface area contributed by atoms with E-state index in [2.05, 4.69) is 234 Å². The van der Waals surface area contributed by atoms with Gasteiger partial charge in [0.1, 0.15) is 0 Å². The van der Waals surface area contributed by atoms with E-state index in [0.29, 0.717) is 11.9 Å². The highest BCUT2D eigenvalue weighted by molar-refractivity contribution is 9.11. The Balaban J connectivity index is 0.000000125. The molecule has 0 unspecified atom stereocenters. The molecule has 9 heteroatoms. The van der Waals surface area contributed by atoms with Gasteiger partial charge in [0.15, 0.2) is 0 Å². The average Bonchev–Trinajstić information content (AvgIpc) is 2.22. The van der Waals surface area contributed by atoms with Gasteiger partial charge >= 0.3 is 0 Å². The van der Waals surface area contributed by atoms with Crippen LogP contribution in [0.2, 0.25) is 0 Å². The van der Waals surface area contributed by atoms with E-state index in [-0.39, 0.29) is 0 Å². The zero-order valence-corrected chi connectivity index (χ0v) is 50.3. The molecule has 16 aromatic rings. The Labute approximate surface area is 517 Å². The van der Waals surface area contributed by atoms with Crippen LogP contribution in [0, 0.1) is 0 Å². The summed E-state index contributed by atoms with van der Waals surface area (Å²) >= 11 is 11.1. The van der Waals surface area contributed by atoms with E-state index >= 15 is 0 Å². The Hall–Kier alpha value is -9.64. The minimum Gasteiger partial charge on any atom is -0.324 e. The van der Waals surface area contributed by atoms with Gasteiger partial charge < -0.3 is 5.32 Å². The van der Waals surface area contributed by atoms with Crippen molar-refractivity contribution in [2.75, 3.05) is 10.2 Å². The second-order valence-corrected chi connectivity index (χ2v) is 23.2. The molecule has 0 saturated heterocycles. The summed E-state index contributed by atoms with van der Waals surface area (Å²) in [5.74, 6) is 1.21. The number of anilines is 5. The minimum atomic E-state index is 0.589. The van der Waals surface area contributed by atoms with Crippen molar-refractivity contribution in [2.45, 2.75) is 0 Å². The number of hydrogen-bond acceptors (Lipinski definition) is 6. The lowest BCUT2D eigenvalue weighted by Gasteiger charge is -2.26. The highest BCUT2D eigenvalue weighted by Gasteiger charge is 2.23. The standard InChI is InChI=1S/C38H24BrN3.C22H17N3.C16H8Br2/c39-32-22-18-27-17-21-31-35(23-19-28-16-20-30(32)36(27)37(28)31)42(29-14-8-3-9-15-29)38-40-33(25-10-4-1-5-11-25)24-34(41-38)26-12-6-2-7-13-26;1-4-10-17(11-5-1)20-16-21(18-12-6-2-7-13-18)25-22(24-20)23-19-14-8-3-9-15-19;17-13-8-4-10-2-6-12-14(18)7-3-9-1-5-11(13)16(10)15(9)12/h1-24H;1-16H,(H,23,24,25);1-8H. The summed E-state index contributed by atoms with van der Waals surface area (Å²) in [4.78, 5) is 22.0. The molecule has 1 N–H and O–H groups in total. The number of para-hydroxylation sites is 2. The molecule has 0 saturated carbocycles. The first-order valence-electron chi connectivity index (χ1n) is 27.9. The van der Waals surface area contributed by atoms with Crippen molar-refractivity contribution in [1.82, 2.24) is 19.9 Å². The Kier molecular flexibility index (Phi) is 14.8. The van der Waals surface area contributed by atoms with E-state index in [1.165, 1.54) is 59.2 Å². The van der Waals surface area contributed by atoms with E-state index in [1.807, 2.05) is 115 Å². The molecule has 0 aliphatic rings. The van der Waals surface area contributed by atoms with Gasteiger partial charge in [-0.2, -0.15) is 0 Å². The predicted octanol–water partition coefficient (Wildman–Crippen LogP) is 22.6. The van der Waals surface area contributed by atoms with Gasteiger partial charge in [0, 0.05) is 52.4 Å². The lowest BCUT2D eigenvalue weighted by atomic mass is 9.93. The average molecular weight is 1290 g/mol. The first-order valence-corrected chi connectivity index (χ1v) is 30.3. The number of hydrogen-bond donors (Lipinski definition) is 1. The van der Waals surface area contributed by atoms with E-state index in [9.17, 15) is 0 Å². The highest BCUT2D eigenvalue weighted by Crippen LogP contribution is 2.45. The number of benzene rings is 14. The highest BCUT2D eigenvalue weighted by atomic mass is 79.9. The monoisotopic (exact) mass is 1280 g/mol. The van der Waals surface area contributed by atoms with Crippen LogP contribution in [-0.4, -0.2) is 19.9 Å². The molecular formula is C76H49Br3N6. The van der Waals surface area contributed by atoms with E-state index in [4.69, 9.17) is 19.9 Å². The van der Waals surface area contributed by atoms with Crippen LogP contribution in [0.1, 0.15) is 0 Å². The summed E-state index contributed by atoms with van der Waals surface area (Å²) in [6, 6.07) is 100. The lowest BCUT2D eigenvalue weighted by Crippen LogP contribution is -2.15. The van der Waals surface area contributed by atoms with Crippen LogP contribution >= 0.6 is 47.8 Å². The predicted molar refractivity (Wildman–Crippen MR) is 367 cm³/mol. The van der Waals surface area contributed by atoms with Gasteiger partial charge in [-0.15, -0.1) is 0 Å². The fourth-order valence-electron chi connectivity index (χ4n) is 11.3. The summed E-state index contributed by atoms with van der Waals surface area (Å²) in [5.41, 5.74) is 10.8. The molecule has 85 heavy (non-hydrogen) atoms. The van der Waals surface area contributed by atoms with E-state index in [0.717, 1.165) is 80.9 Å². The molecule has 0 atom stereocenters. The second kappa shape index (κ2) is 23.5. The topological polar surface area (TPSA) is 66.8 Å². The molecule has 16 rings (SSSR count). The van der Waals surface area contributed by atoms with Crippen LogP contribution in [0.4, 0.5) is 29.0 Å². The van der Waals surface area contributed by atoms with Gasteiger partial charge in [0.2, 0.25) is 11.9 Å². The Bertz CT molecular complexity index is 4810. The number of nitrogens with one attached hydrogen (secondary N) is 1. The normalized spacial score (nSPS) is 11.2. The van der Waals surface area contributed by atoms with Gasteiger partial charge in [-0.1, -0.05) is 278 Å². The largest absolute Gasteiger partial charge is 0.324 e. The Morgan fingerprint density at radius 1 is 0.282 bits per heavy atom. The van der Waals surface area contributed by atoms with Crippen molar-refractivity contribution in [2.24, 2.45) is 0 Å². The van der Waals surface area contributed by atoms with Crippen molar-refractivity contribution in [3.8, 4) is 45.0 Å². The smallest absolute Gasteiger partial charge is 0.235 e. The molecule has 0 fully saturated rings. The molecule has 0 aliphatic heterocycles. The number of aromatic nitrogens is 4. The molecule has 0 aliphatic carbocycles. The molecule has 2 heterocycles. The molecule has 0 spiro atoms. The molecule has 0 amide bonds.